The summed E-state index contributed by atoms with van der Waals surface area (Å²) >= 11 is 6.02. The SMILES string of the molecule is Cc1ccc(-c2ccc(=O)n([C@H](C)C(=O)Nc3cc(Cl)ccc3C)n2)cc1C. The molecule has 1 N–H and O–H groups in total. The van der Waals surface area contributed by atoms with Gasteiger partial charge in [-0.15, -0.1) is 0 Å². The Morgan fingerprint density at radius 1 is 1.00 bits per heavy atom. The zero-order valence-electron chi connectivity index (χ0n) is 16.3. The molecule has 28 heavy (non-hydrogen) atoms. The molecule has 0 spiro atoms. The van der Waals surface area contributed by atoms with E-state index < -0.39 is 6.04 Å². The number of aromatic nitrogens is 2. The highest BCUT2D eigenvalue weighted by atomic mass is 35.5. The summed E-state index contributed by atoms with van der Waals surface area (Å²) in [6.07, 6.45) is 0. The first-order valence-corrected chi connectivity index (χ1v) is 9.38. The van der Waals surface area contributed by atoms with Crippen LogP contribution in [0.4, 0.5) is 5.69 Å². The zero-order chi connectivity index (χ0) is 20.4. The molecule has 0 aliphatic carbocycles. The van der Waals surface area contributed by atoms with Crippen molar-refractivity contribution in [3.05, 3.63) is 80.6 Å². The molecule has 0 radical (unpaired) electrons. The van der Waals surface area contributed by atoms with Gasteiger partial charge in [-0.2, -0.15) is 5.10 Å². The third-order valence-corrected chi connectivity index (χ3v) is 5.07. The lowest BCUT2D eigenvalue weighted by Gasteiger charge is -2.16. The Labute approximate surface area is 169 Å². The van der Waals surface area contributed by atoms with Crippen LogP contribution in [-0.4, -0.2) is 15.7 Å². The summed E-state index contributed by atoms with van der Waals surface area (Å²) in [5.74, 6) is -0.336. The predicted octanol–water partition coefficient (Wildman–Crippen LogP) is 4.69. The number of amides is 1. The highest BCUT2D eigenvalue weighted by Crippen LogP contribution is 2.22. The van der Waals surface area contributed by atoms with Crippen molar-refractivity contribution in [2.75, 3.05) is 5.32 Å². The van der Waals surface area contributed by atoms with E-state index in [0.29, 0.717) is 16.4 Å². The largest absolute Gasteiger partial charge is 0.324 e. The summed E-state index contributed by atoms with van der Waals surface area (Å²) in [4.78, 5) is 25.1. The number of benzene rings is 2. The van der Waals surface area contributed by atoms with Gasteiger partial charge in [0.2, 0.25) is 5.91 Å². The van der Waals surface area contributed by atoms with Crippen molar-refractivity contribution in [3.8, 4) is 11.3 Å². The molecule has 0 unspecified atom stereocenters. The maximum atomic E-state index is 12.7. The third kappa shape index (κ3) is 4.15. The molecule has 1 amide bonds. The molecule has 0 aliphatic rings. The topological polar surface area (TPSA) is 64.0 Å². The number of anilines is 1. The lowest BCUT2D eigenvalue weighted by atomic mass is 10.0. The van der Waals surface area contributed by atoms with Crippen LogP contribution >= 0.6 is 11.6 Å². The molecular weight excluding hydrogens is 374 g/mol. The highest BCUT2D eigenvalue weighted by molar-refractivity contribution is 6.31. The van der Waals surface area contributed by atoms with Crippen molar-refractivity contribution >= 4 is 23.2 Å². The molecule has 0 bridgehead atoms. The molecule has 5 nitrogen and oxygen atoms in total. The quantitative estimate of drug-likeness (QED) is 0.697. The number of hydrogen-bond donors (Lipinski definition) is 1. The van der Waals surface area contributed by atoms with Crippen LogP contribution in [0.1, 0.15) is 29.7 Å². The van der Waals surface area contributed by atoms with Crippen molar-refractivity contribution in [2.45, 2.75) is 33.7 Å². The second-order valence-corrected chi connectivity index (χ2v) is 7.36. The second kappa shape index (κ2) is 7.98. The van der Waals surface area contributed by atoms with E-state index in [9.17, 15) is 9.59 Å². The summed E-state index contributed by atoms with van der Waals surface area (Å²) in [6, 6.07) is 13.6. The fourth-order valence-electron chi connectivity index (χ4n) is 2.83. The van der Waals surface area contributed by atoms with E-state index in [1.54, 1.807) is 25.1 Å². The molecule has 0 saturated carbocycles. The van der Waals surface area contributed by atoms with Crippen molar-refractivity contribution in [1.82, 2.24) is 9.78 Å². The number of rotatable bonds is 4. The molecule has 144 valence electrons. The zero-order valence-corrected chi connectivity index (χ0v) is 17.0. The lowest BCUT2D eigenvalue weighted by Crippen LogP contribution is -2.33. The smallest absolute Gasteiger partial charge is 0.267 e. The molecule has 3 rings (SSSR count). The standard InChI is InChI=1S/C22H22ClN3O2/c1-13-5-7-17(11-15(13)3)19-9-10-21(27)26(25-19)16(4)22(28)24-20-12-18(23)8-6-14(20)2/h5-12,16H,1-4H3,(H,24,28)/t16-/m1/s1. The minimum atomic E-state index is -0.780. The molecular formula is C22H22ClN3O2. The number of nitrogens with zero attached hydrogens (tertiary/aromatic N) is 2. The first-order valence-electron chi connectivity index (χ1n) is 9.01. The summed E-state index contributed by atoms with van der Waals surface area (Å²) in [5, 5.41) is 7.79. The van der Waals surface area contributed by atoms with Gasteiger partial charge in [-0.25, -0.2) is 4.68 Å². The van der Waals surface area contributed by atoms with Gasteiger partial charge in [0.05, 0.1) is 5.69 Å². The Bertz CT molecular complexity index is 1110. The summed E-state index contributed by atoms with van der Waals surface area (Å²) < 4.78 is 1.21. The molecule has 0 aliphatic heterocycles. The summed E-state index contributed by atoms with van der Waals surface area (Å²) in [7, 11) is 0. The highest BCUT2D eigenvalue weighted by Gasteiger charge is 2.19. The fourth-order valence-corrected chi connectivity index (χ4v) is 3.01. The van der Waals surface area contributed by atoms with Gasteiger partial charge in [-0.1, -0.05) is 29.8 Å². The van der Waals surface area contributed by atoms with Crippen LogP contribution in [0.15, 0.2) is 53.3 Å². The van der Waals surface area contributed by atoms with Crippen LogP contribution in [0.25, 0.3) is 11.3 Å². The van der Waals surface area contributed by atoms with Gasteiger partial charge in [-0.05, 0) is 68.7 Å². The molecule has 0 fully saturated rings. The van der Waals surface area contributed by atoms with Gasteiger partial charge in [-0.3, -0.25) is 9.59 Å². The van der Waals surface area contributed by atoms with Gasteiger partial charge in [0.25, 0.3) is 5.56 Å². The van der Waals surface area contributed by atoms with Crippen LogP contribution < -0.4 is 10.9 Å². The van der Waals surface area contributed by atoms with E-state index in [-0.39, 0.29) is 11.5 Å². The van der Waals surface area contributed by atoms with Gasteiger partial charge in [0, 0.05) is 22.3 Å². The van der Waals surface area contributed by atoms with Gasteiger partial charge in [0.15, 0.2) is 0 Å². The monoisotopic (exact) mass is 395 g/mol. The van der Waals surface area contributed by atoms with E-state index in [1.165, 1.54) is 16.3 Å². The van der Waals surface area contributed by atoms with Crippen LogP contribution in [0, 0.1) is 20.8 Å². The number of aryl methyl sites for hydroxylation is 3. The fraction of sp³-hybridized carbons (Fsp3) is 0.227. The Hall–Kier alpha value is -2.92. The van der Waals surface area contributed by atoms with Crippen LogP contribution in [0.3, 0.4) is 0 Å². The molecule has 1 aromatic heterocycles. The van der Waals surface area contributed by atoms with Gasteiger partial charge in [0.1, 0.15) is 6.04 Å². The van der Waals surface area contributed by atoms with Crippen molar-refractivity contribution in [2.24, 2.45) is 0 Å². The maximum absolute atomic E-state index is 12.7. The molecule has 1 heterocycles. The third-order valence-electron chi connectivity index (χ3n) is 4.83. The van der Waals surface area contributed by atoms with Crippen molar-refractivity contribution in [1.29, 1.82) is 0 Å². The van der Waals surface area contributed by atoms with Gasteiger partial charge >= 0.3 is 0 Å². The average molecular weight is 396 g/mol. The predicted molar refractivity (Wildman–Crippen MR) is 113 cm³/mol. The van der Waals surface area contributed by atoms with E-state index in [0.717, 1.165) is 16.7 Å². The molecule has 6 heteroatoms. The first kappa shape index (κ1) is 19.8. The van der Waals surface area contributed by atoms with Crippen LogP contribution in [-0.2, 0) is 4.79 Å². The number of hydrogen-bond acceptors (Lipinski definition) is 3. The van der Waals surface area contributed by atoms with E-state index in [2.05, 4.69) is 10.4 Å². The Kier molecular flexibility index (Phi) is 5.66. The molecule has 2 aromatic carbocycles. The van der Waals surface area contributed by atoms with Crippen LogP contribution in [0.2, 0.25) is 5.02 Å². The minimum absolute atomic E-state index is 0.335. The summed E-state index contributed by atoms with van der Waals surface area (Å²) in [6.45, 7) is 7.59. The molecule has 0 saturated heterocycles. The first-order chi connectivity index (χ1) is 13.3. The minimum Gasteiger partial charge on any atom is -0.324 e. The van der Waals surface area contributed by atoms with Crippen molar-refractivity contribution < 1.29 is 4.79 Å². The Morgan fingerprint density at radius 2 is 1.71 bits per heavy atom. The average Bonchev–Trinajstić information content (AvgIpc) is 2.66. The molecule has 1 atom stereocenters. The molecule has 3 aromatic rings. The lowest BCUT2D eigenvalue weighted by molar-refractivity contribution is -0.119. The second-order valence-electron chi connectivity index (χ2n) is 6.92. The number of halogens is 1. The van der Waals surface area contributed by atoms with Gasteiger partial charge < -0.3 is 5.32 Å². The number of nitrogens with one attached hydrogen (secondary N) is 1. The van der Waals surface area contributed by atoms with E-state index in [4.69, 9.17) is 11.6 Å². The normalized spacial score (nSPS) is 11.9. The maximum Gasteiger partial charge on any atom is 0.267 e. The van der Waals surface area contributed by atoms with Crippen molar-refractivity contribution in [3.63, 3.8) is 0 Å². The Balaban J connectivity index is 1.91. The van der Waals surface area contributed by atoms with E-state index >= 15 is 0 Å². The Morgan fingerprint density at radius 3 is 2.43 bits per heavy atom. The van der Waals surface area contributed by atoms with E-state index in [1.807, 2.05) is 45.0 Å². The number of carbonyl (C=O) groups is 1. The summed E-state index contributed by atoms with van der Waals surface area (Å²) in [5.41, 5.74) is 5.02. The van der Waals surface area contributed by atoms with Crippen LogP contribution in [0.5, 0.6) is 0 Å². The number of carbonyl (C=O) groups excluding carboxylic acids is 1.